The Morgan fingerprint density at radius 2 is 1.72 bits per heavy atom. The van der Waals surface area contributed by atoms with Gasteiger partial charge in [0.2, 0.25) is 5.91 Å². The molecule has 2 aromatic rings. The summed E-state index contributed by atoms with van der Waals surface area (Å²) in [5.74, 6) is -0.467. The summed E-state index contributed by atoms with van der Waals surface area (Å²) in [7, 11) is 0. The van der Waals surface area contributed by atoms with Crippen LogP contribution in [0.5, 0.6) is 5.75 Å². The molecule has 0 atom stereocenters. The number of piperazine rings is 1. The molecule has 0 bridgehead atoms. The molecule has 1 aliphatic heterocycles. The van der Waals surface area contributed by atoms with E-state index in [9.17, 15) is 14.0 Å². The summed E-state index contributed by atoms with van der Waals surface area (Å²) in [5.41, 5.74) is 1.14. The van der Waals surface area contributed by atoms with Gasteiger partial charge in [-0.2, -0.15) is 0 Å². The van der Waals surface area contributed by atoms with Crippen molar-refractivity contribution < 1.29 is 18.7 Å². The van der Waals surface area contributed by atoms with Crippen molar-refractivity contribution in [2.45, 2.75) is 13.5 Å². The van der Waals surface area contributed by atoms with Gasteiger partial charge in [0.15, 0.2) is 0 Å². The van der Waals surface area contributed by atoms with Crippen LogP contribution in [0, 0.1) is 5.82 Å². The molecule has 0 aromatic heterocycles. The van der Waals surface area contributed by atoms with Gasteiger partial charge in [-0.05, 0) is 36.8 Å². The van der Waals surface area contributed by atoms with E-state index in [4.69, 9.17) is 4.74 Å². The lowest BCUT2D eigenvalue weighted by molar-refractivity contribution is -0.131. The molecule has 1 N–H and O–H groups in total. The zero-order valence-corrected chi connectivity index (χ0v) is 16.6. The van der Waals surface area contributed by atoms with Crippen molar-refractivity contribution in [3.05, 3.63) is 65.5 Å². The van der Waals surface area contributed by atoms with Gasteiger partial charge in [-0.15, -0.1) is 0 Å². The normalized spacial score (nSPS) is 14.5. The van der Waals surface area contributed by atoms with E-state index in [-0.39, 0.29) is 18.0 Å². The Labute approximate surface area is 170 Å². The monoisotopic (exact) mass is 399 g/mol. The minimum absolute atomic E-state index is 0.0551. The molecular weight excluding hydrogens is 373 g/mol. The quantitative estimate of drug-likeness (QED) is 0.776. The predicted molar refractivity (Wildman–Crippen MR) is 108 cm³/mol. The molecule has 0 spiro atoms. The second-order valence-electron chi connectivity index (χ2n) is 6.90. The lowest BCUT2D eigenvalue weighted by atomic mass is 10.2. The van der Waals surface area contributed by atoms with Gasteiger partial charge in [0.1, 0.15) is 11.6 Å². The van der Waals surface area contributed by atoms with Crippen molar-refractivity contribution in [1.82, 2.24) is 15.1 Å². The first kappa shape index (κ1) is 20.8. The number of carbonyl (C=O) groups is 2. The van der Waals surface area contributed by atoms with Crippen LogP contribution in [0.15, 0.2) is 48.5 Å². The minimum atomic E-state index is -0.597. The fourth-order valence-electron chi connectivity index (χ4n) is 3.28. The summed E-state index contributed by atoms with van der Waals surface area (Å²) in [5, 5.41) is 2.51. The highest BCUT2D eigenvalue weighted by Crippen LogP contribution is 2.15. The van der Waals surface area contributed by atoms with Gasteiger partial charge in [0.05, 0.1) is 18.7 Å². The lowest BCUT2D eigenvalue weighted by Crippen LogP contribution is -2.50. The lowest BCUT2D eigenvalue weighted by Gasteiger charge is -2.34. The minimum Gasteiger partial charge on any atom is -0.494 e. The van der Waals surface area contributed by atoms with Crippen LogP contribution in [0.25, 0.3) is 0 Å². The molecule has 3 rings (SSSR count). The topological polar surface area (TPSA) is 61.9 Å². The molecule has 29 heavy (non-hydrogen) atoms. The number of halogens is 1. The molecule has 7 heteroatoms. The van der Waals surface area contributed by atoms with Crippen LogP contribution in [-0.4, -0.2) is 60.9 Å². The predicted octanol–water partition coefficient (Wildman–Crippen LogP) is 2.30. The number of carbonyl (C=O) groups excluding carboxylic acids is 2. The highest BCUT2D eigenvalue weighted by atomic mass is 19.1. The first-order valence-corrected chi connectivity index (χ1v) is 9.81. The first-order chi connectivity index (χ1) is 14.1. The molecule has 1 fully saturated rings. The van der Waals surface area contributed by atoms with Crippen LogP contribution in [0.4, 0.5) is 4.39 Å². The SMILES string of the molecule is CCOc1ccc(CN2CCN(C(=O)CNC(=O)c3ccccc3F)CC2)cc1. The number of nitrogens with one attached hydrogen (secondary N) is 1. The van der Waals surface area contributed by atoms with Crippen LogP contribution in [-0.2, 0) is 11.3 Å². The van der Waals surface area contributed by atoms with Crippen molar-refractivity contribution in [3.63, 3.8) is 0 Å². The van der Waals surface area contributed by atoms with E-state index in [0.29, 0.717) is 19.7 Å². The Bertz CT molecular complexity index is 833. The van der Waals surface area contributed by atoms with Crippen LogP contribution in [0.2, 0.25) is 0 Å². The molecule has 1 saturated heterocycles. The number of amides is 2. The summed E-state index contributed by atoms with van der Waals surface area (Å²) in [4.78, 5) is 28.4. The molecule has 6 nitrogen and oxygen atoms in total. The number of rotatable bonds is 7. The van der Waals surface area contributed by atoms with Crippen LogP contribution < -0.4 is 10.1 Å². The smallest absolute Gasteiger partial charge is 0.254 e. The maximum atomic E-state index is 13.6. The molecule has 0 unspecified atom stereocenters. The largest absolute Gasteiger partial charge is 0.494 e. The first-order valence-electron chi connectivity index (χ1n) is 9.81. The number of ether oxygens (including phenoxy) is 1. The molecule has 1 heterocycles. The summed E-state index contributed by atoms with van der Waals surface area (Å²) >= 11 is 0. The Kier molecular flexibility index (Phi) is 7.19. The summed E-state index contributed by atoms with van der Waals surface area (Å²) in [6.45, 7) is 6.03. The van der Waals surface area contributed by atoms with Crippen molar-refractivity contribution in [1.29, 1.82) is 0 Å². The Hall–Kier alpha value is -2.93. The van der Waals surface area contributed by atoms with E-state index < -0.39 is 11.7 Å². The Morgan fingerprint density at radius 3 is 2.38 bits per heavy atom. The van der Waals surface area contributed by atoms with E-state index in [1.807, 2.05) is 19.1 Å². The third-order valence-corrected chi connectivity index (χ3v) is 4.88. The van der Waals surface area contributed by atoms with Crippen molar-refractivity contribution in [2.24, 2.45) is 0 Å². The van der Waals surface area contributed by atoms with E-state index in [1.165, 1.54) is 23.8 Å². The molecular formula is C22H26FN3O3. The van der Waals surface area contributed by atoms with E-state index >= 15 is 0 Å². The molecule has 0 saturated carbocycles. The molecule has 2 amide bonds. The summed E-state index contributed by atoms with van der Waals surface area (Å²) < 4.78 is 19.1. The Morgan fingerprint density at radius 1 is 1.03 bits per heavy atom. The maximum Gasteiger partial charge on any atom is 0.254 e. The molecule has 0 radical (unpaired) electrons. The average molecular weight is 399 g/mol. The van der Waals surface area contributed by atoms with Gasteiger partial charge in [0.25, 0.3) is 5.91 Å². The zero-order valence-electron chi connectivity index (χ0n) is 16.6. The van der Waals surface area contributed by atoms with E-state index in [2.05, 4.69) is 22.3 Å². The fourth-order valence-corrected chi connectivity index (χ4v) is 3.28. The molecule has 154 valence electrons. The third-order valence-electron chi connectivity index (χ3n) is 4.88. The molecule has 2 aromatic carbocycles. The highest BCUT2D eigenvalue weighted by molar-refractivity contribution is 5.96. The number of hydrogen-bond acceptors (Lipinski definition) is 4. The third kappa shape index (κ3) is 5.77. The fraction of sp³-hybridized carbons (Fsp3) is 0.364. The van der Waals surface area contributed by atoms with Gasteiger partial charge in [-0.25, -0.2) is 4.39 Å². The number of nitrogens with zero attached hydrogens (tertiary/aromatic N) is 2. The number of benzene rings is 2. The standard InChI is InChI=1S/C22H26FN3O3/c1-2-29-18-9-7-17(8-10-18)16-25-11-13-26(14-12-25)21(27)15-24-22(28)19-5-3-4-6-20(19)23/h3-10H,2,11-16H2,1H3,(H,24,28). The van der Waals surface area contributed by atoms with Crippen molar-refractivity contribution in [2.75, 3.05) is 39.3 Å². The van der Waals surface area contributed by atoms with Gasteiger partial charge in [0, 0.05) is 32.7 Å². The zero-order chi connectivity index (χ0) is 20.6. The van der Waals surface area contributed by atoms with Gasteiger partial charge in [-0.3, -0.25) is 14.5 Å². The summed E-state index contributed by atoms with van der Waals surface area (Å²) in [6, 6.07) is 13.8. The van der Waals surface area contributed by atoms with Crippen molar-refractivity contribution in [3.8, 4) is 5.75 Å². The van der Waals surface area contributed by atoms with Gasteiger partial charge < -0.3 is 15.0 Å². The second kappa shape index (κ2) is 10.0. The van der Waals surface area contributed by atoms with Gasteiger partial charge >= 0.3 is 0 Å². The van der Waals surface area contributed by atoms with E-state index in [0.717, 1.165) is 25.4 Å². The summed E-state index contributed by atoms with van der Waals surface area (Å²) in [6.07, 6.45) is 0. The van der Waals surface area contributed by atoms with Crippen molar-refractivity contribution >= 4 is 11.8 Å². The van der Waals surface area contributed by atoms with Crippen LogP contribution in [0.3, 0.4) is 0 Å². The van der Waals surface area contributed by atoms with Crippen LogP contribution >= 0.6 is 0 Å². The Balaban J connectivity index is 1.42. The highest BCUT2D eigenvalue weighted by Gasteiger charge is 2.22. The molecule has 0 aliphatic carbocycles. The van der Waals surface area contributed by atoms with Crippen LogP contribution in [0.1, 0.15) is 22.8 Å². The van der Waals surface area contributed by atoms with E-state index in [1.54, 1.807) is 11.0 Å². The van der Waals surface area contributed by atoms with Gasteiger partial charge in [-0.1, -0.05) is 24.3 Å². The number of hydrogen-bond donors (Lipinski definition) is 1. The maximum absolute atomic E-state index is 13.6. The second-order valence-corrected chi connectivity index (χ2v) is 6.90. The molecule has 1 aliphatic rings. The average Bonchev–Trinajstić information content (AvgIpc) is 2.74.